The van der Waals surface area contributed by atoms with Gasteiger partial charge in [-0.25, -0.2) is 4.79 Å². The van der Waals surface area contributed by atoms with Crippen LogP contribution in [0.4, 0.5) is 4.79 Å². The Morgan fingerprint density at radius 1 is 1.05 bits per heavy atom. The predicted molar refractivity (Wildman–Crippen MR) is 73.4 cm³/mol. The minimum Gasteiger partial charge on any atom is -0.465 e. The normalized spacial score (nSPS) is 30.5. The molecule has 2 heterocycles. The third kappa shape index (κ3) is 3.39. The average molecular weight is 267 g/mol. The van der Waals surface area contributed by atoms with Crippen LogP contribution in [-0.4, -0.2) is 77.8 Å². The van der Waals surface area contributed by atoms with Crippen LogP contribution < -0.4 is 0 Å². The number of amides is 1. The molecule has 5 heteroatoms. The van der Waals surface area contributed by atoms with Crippen LogP contribution in [0.3, 0.4) is 0 Å². The number of rotatable bonds is 3. The predicted octanol–water partition coefficient (Wildman–Crippen LogP) is 1.16. The fourth-order valence-corrected chi connectivity index (χ4v) is 3.50. The molecule has 0 unspecified atom stereocenters. The second-order valence-corrected chi connectivity index (χ2v) is 6.30. The molecule has 1 N–H and O–H groups in total. The van der Waals surface area contributed by atoms with Crippen molar-refractivity contribution in [1.82, 2.24) is 14.7 Å². The molecule has 2 aliphatic heterocycles. The summed E-state index contributed by atoms with van der Waals surface area (Å²) in [4.78, 5) is 17.6. The van der Waals surface area contributed by atoms with Crippen molar-refractivity contribution in [1.29, 1.82) is 0 Å². The number of piperidine rings is 1. The number of likely N-dealkylation sites (tertiary alicyclic amines) is 1. The first kappa shape index (κ1) is 13.2. The molecule has 0 radical (unpaired) electrons. The quantitative estimate of drug-likeness (QED) is 0.833. The van der Waals surface area contributed by atoms with Crippen molar-refractivity contribution in [2.75, 3.05) is 45.8 Å². The number of hydrogen-bond donors (Lipinski definition) is 1. The molecule has 1 aliphatic carbocycles. The smallest absolute Gasteiger partial charge is 0.407 e. The SMILES string of the molecule is O=C(O)N1CCN(C[C@@H]2CCCN(C3CC3)C2)CC1. The zero-order valence-corrected chi connectivity index (χ0v) is 11.6. The van der Waals surface area contributed by atoms with Crippen LogP contribution in [0.15, 0.2) is 0 Å². The summed E-state index contributed by atoms with van der Waals surface area (Å²) in [6, 6.07) is 0.895. The van der Waals surface area contributed by atoms with Crippen LogP contribution in [0.5, 0.6) is 0 Å². The summed E-state index contributed by atoms with van der Waals surface area (Å²) in [7, 11) is 0. The maximum Gasteiger partial charge on any atom is 0.407 e. The lowest BCUT2D eigenvalue weighted by molar-refractivity contribution is 0.0812. The minimum absolute atomic E-state index is 0.675. The number of carbonyl (C=O) groups is 1. The number of piperazine rings is 1. The maximum atomic E-state index is 10.9. The van der Waals surface area contributed by atoms with Crippen molar-refractivity contribution in [2.45, 2.75) is 31.7 Å². The van der Waals surface area contributed by atoms with E-state index in [4.69, 9.17) is 5.11 Å². The van der Waals surface area contributed by atoms with Gasteiger partial charge in [-0.3, -0.25) is 4.90 Å². The van der Waals surface area contributed by atoms with Gasteiger partial charge in [0.1, 0.15) is 0 Å². The van der Waals surface area contributed by atoms with Gasteiger partial charge >= 0.3 is 6.09 Å². The molecule has 1 amide bonds. The maximum absolute atomic E-state index is 10.9. The molecule has 0 bridgehead atoms. The molecule has 5 nitrogen and oxygen atoms in total. The van der Waals surface area contributed by atoms with Crippen molar-refractivity contribution < 1.29 is 9.90 Å². The van der Waals surface area contributed by atoms with Crippen LogP contribution >= 0.6 is 0 Å². The summed E-state index contributed by atoms with van der Waals surface area (Å²) >= 11 is 0. The Kier molecular flexibility index (Phi) is 3.93. The number of carboxylic acid groups (broad SMARTS) is 1. The molecule has 3 aliphatic rings. The van der Waals surface area contributed by atoms with Gasteiger partial charge in [-0.1, -0.05) is 0 Å². The van der Waals surface area contributed by atoms with E-state index < -0.39 is 6.09 Å². The Bertz CT molecular complexity index is 325. The van der Waals surface area contributed by atoms with E-state index in [2.05, 4.69) is 9.80 Å². The highest BCUT2D eigenvalue weighted by molar-refractivity contribution is 5.65. The Balaban J connectivity index is 1.42. The Labute approximate surface area is 115 Å². The molecule has 0 spiro atoms. The summed E-state index contributed by atoms with van der Waals surface area (Å²) in [6.45, 7) is 6.90. The van der Waals surface area contributed by atoms with Crippen molar-refractivity contribution in [2.24, 2.45) is 5.92 Å². The van der Waals surface area contributed by atoms with Gasteiger partial charge in [-0.05, 0) is 38.1 Å². The Morgan fingerprint density at radius 3 is 2.42 bits per heavy atom. The molecule has 3 fully saturated rings. The Morgan fingerprint density at radius 2 is 1.79 bits per heavy atom. The molecule has 3 rings (SSSR count). The third-order valence-electron chi connectivity index (χ3n) is 4.77. The number of hydrogen-bond acceptors (Lipinski definition) is 3. The molecule has 1 saturated carbocycles. The van der Waals surface area contributed by atoms with E-state index in [9.17, 15) is 4.79 Å². The fraction of sp³-hybridized carbons (Fsp3) is 0.929. The van der Waals surface area contributed by atoms with Gasteiger partial charge in [0.2, 0.25) is 0 Å². The van der Waals surface area contributed by atoms with Gasteiger partial charge in [0.15, 0.2) is 0 Å². The highest BCUT2D eigenvalue weighted by Crippen LogP contribution is 2.31. The van der Waals surface area contributed by atoms with E-state index >= 15 is 0 Å². The van der Waals surface area contributed by atoms with E-state index in [0.717, 1.165) is 31.6 Å². The molecule has 19 heavy (non-hydrogen) atoms. The largest absolute Gasteiger partial charge is 0.465 e. The molecule has 0 aromatic heterocycles. The highest BCUT2D eigenvalue weighted by atomic mass is 16.4. The highest BCUT2D eigenvalue weighted by Gasteiger charge is 2.33. The molecule has 0 aromatic carbocycles. The van der Waals surface area contributed by atoms with E-state index in [-0.39, 0.29) is 0 Å². The van der Waals surface area contributed by atoms with Gasteiger partial charge in [0.25, 0.3) is 0 Å². The van der Waals surface area contributed by atoms with Crippen molar-refractivity contribution >= 4 is 6.09 Å². The molecule has 0 aromatic rings. The van der Waals surface area contributed by atoms with Crippen LogP contribution in [-0.2, 0) is 0 Å². The molecule has 1 atom stereocenters. The van der Waals surface area contributed by atoms with E-state index in [1.54, 1.807) is 0 Å². The summed E-state index contributed by atoms with van der Waals surface area (Å²) < 4.78 is 0. The van der Waals surface area contributed by atoms with E-state index in [0.29, 0.717) is 13.1 Å². The zero-order chi connectivity index (χ0) is 13.2. The van der Waals surface area contributed by atoms with Crippen molar-refractivity contribution in [3.05, 3.63) is 0 Å². The first-order valence-electron chi connectivity index (χ1n) is 7.66. The molecule has 108 valence electrons. The van der Waals surface area contributed by atoms with Gasteiger partial charge in [0, 0.05) is 45.3 Å². The second-order valence-electron chi connectivity index (χ2n) is 6.30. The van der Waals surface area contributed by atoms with E-state index in [1.165, 1.54) is 43.7 Å². The minimum atomic E-state index is -0.766. The second kappa shape index (κ2) is 5.67. The third-order valence-corrected chi connectivity index (χ3v) is 4.77. The summed E-state index contributed by atoms with van der Waals surface area (Å²) in [5, 5.41) is 8.95. The average Bonchev–Trinajstić information content (AvgIpc) is 3.24. The lowest BCUT2D eigenvalue weighted by atomic mass is 9.97. The molecule has 2 saturated heterocycles. The number of nitrogens with zero attached hydrogens (tertiary/aromatic N) is 3. The van der Waals surface area contributed by atoms with Crippen LogP contribution in [0.25, 0.3) is 0 Å². The monoisotopic (exact) mass is 267 g/mol. The van der Waals surface area contributed by atoms with Crippen LogP contribution in [0, 0.1) is 5.92 Å². The summed E-state index contributed by atoms with van der Waals surface area (Å²) in [6.07, 6.45) is 4.74. The zero-order valence-electron chi connectivity index (χ0n) is 11.6. The topological polar surface area (TPSA) is 47.0 Å². The Hall–Kier alpha value is -0.810. The van der Waals surface area contributed by atoms with Crippen molar-refractivity contribution in [3.8, 4) is 0 Å². The fourth-order valence-electron chi connectivity index (χ4n) is 3.50. The van der Waals surface area contributed by atoms with E-state index in [1.807, 2.05) is 0 Å². The standard InChI is InChI=1S/C14H25N3O2/c18-14(19)16-8-6-15(7-9-16)10-12-2-1-5-17(11-12)13-3-4-13/h12-13H,1-11H2,(H,18,19)/t12-/m0/s1. The van der Waals surface area contributed by atoms with Gasteiger partial charge in [0.05, 0.1) is 0 Å². The lowest BCUT2D eigenvalue weighted by Crippen LogP contribution is -2.51. The van der Waals surface area contributed by atoms with Crippen molar-refractivity contribution in [3.63, 3.8) is 0 Å². The van der Waals surface area contributed by atoms with Gasteiger partial charge < -0.3 is 14.9 Å². The van der Waals surface area contributed by atoms with Gasteiger partial charge in [-0.2, -0.15) is 0 Å². The van der Waals surface area contributed by atoms with Crippen LogP contribution in [0.2, 0.25) is 0 Å². The first-order chi connectivity index (χ1) is 9.22. The molecular formula is C14H25N3O2. The van der Waals surface area contributed by atoms with Crippen LogP contribution in [0.1, 0.15) is 25.7 Å². The molecular weight excluding hydrogens is 242 g/mol. The summed E-state index contributed by atoms with van der Waals surface area (Å²) in [5.74, 6) is 0.797. The lowest BCUT2D eigenvalue weighted by Gasteiger charge is -2.38. The summed E-state index contributed by atoms with van der Waals surface area (Å²) in [5.41, 5.74) is 0. The first-order valence-corrected chi connectivity index (χ1v) is 7.66. The van der Waals surface area contributed by atoms with Gasteiger partial charge in [-0.15, -0.1) is 0 Å².